The van der Waals surface area contributed by atoms with Crippen LogP contribution in [-0.2, 0) is 25.5 Å². The molecule has 0 saturated carbocycles. The Kier molecular flexibility index (Phi) is 7.91. The number of methoxy groups -OCH3 is 1. The van der Waals surface area contributed by atoms with Gasteiger partial charge in [-0.1, -0.05) is 6.08 Å². The number of nitrogens with one attached hydrogen (secondary N) is 1. The van der Waals surface area contributed by atoms with E-state index >= 15 is 0 Å². The fourth-order valence-corrected chi connectivity index (χ4v) is 2.95. The minimum absolute atomic E-state index is 0.267. The Bertz CT molecular complexity index is 931. The van der Waals surface area contributed by atoms with E-state index in [4.69, 9.17) is 9.47 Å². The van der Waals surface area contributed by atoms with E-state index in [0.717, 1.165) is 22.6 Å². The number of benzene rings is 1. The molecule has 0 saturated heterocycles. The summed E-state index contributed by atoms with van der Waals surface area (Å²) in [5, 5.41) is 7.13. The van der Waals surface area contributed by atoms with Gasteiger partial charge in [-0.15, -0.1) is 6.58 Å². The van der Waals surface area contributed by atoms with Crippen molar-refractivity contribution in [2.45, 2.75) is 39.7 Å². The highest BCUT2D eigenvalue weighted by Gasteiger charge is 2.19. The van der Waals surface area contributed by atoms with Crippen molar-refractivity contribution in [3.05, 3.63) is 59.4 Å². The summed E-state index contributed by atoms with van der Waals surface area (Å²) in [6.45, 7) is 9.15. The maximum atomic E-state index is 12.3. The van der Waals surface area contributed by atoms with Crippen LogP contribution in [-0.4, -0.2) is 47.4 Å². The zero-order valence-electron chi connectivity index (χ0n) is 17.7. The van der Waals surface area contributed by atoms with Crippen LogP contribution < -0.4 is 5.32 Å². The van der Waals surface area contributed by atoms with Crippen LogP contribution in [0.5, 0.6) is 0 Å². The molecule has 0 radical (unpaired) electrons. The highest BCUT2D eigenvalue weighted by atomic mass is 16.5. The normalized spacial score (nSPS) is 11.5. The first-order valence-electron chi connectivity index (χ1n) is 9.60. The van der Waals surface area contributed by atoms with Gasteiger partial charge in [-0.25, -0.2) is 9.48 Å². The van der Waals surface area contributed by atoms with Crippen molar-refractivity contribution in [2.24, 2.45) is 0 Å². The lowest BCUT2D eigenvalue weighted by molar-refractivity contribution is -0.140. The van der Waals surface area contributed by atoms with Gasteiger partial charge < -0.3 is 14.8 Å². The average Bonchev–Trinajstić information content (AvgIpc) is 3.03. The Morgan fingerprint density at radius 1 is 1.23 bits per heavy atom. The second kappa shape index (κ2) is 10.4. The Morgan fingerprint density at radius 3 is 2.50 bits per heavy atom. The lowest BCUT2D eigenvalue weighted by atomic mass is 10.1. The van der Waals surface area contributed by atoms with Crippen molar-refractivity contribution < 1.29 is 23.9 Å². The topological polar surface area (TPSA) is 99.5 Å². The predicted molar refractivity (Wildman–Crippen MR) is 111 cm³/mol. The van der Waals surface area contributed by atoms with Crippen molar-refractivity contribution in [1.82, 2.24) is 15.1 Å². The molecule has 8 nitrogen and oxygen atoms in total. The Hall–Kier alpha value is -3.42. The van der Waals surface area contributed by atoms with Crippen molar-refractivity contribution in [3.63, 3.8) is 0 Å². The fourth-order valence-electron chi connectivity index (χ4n) is 2.95. The van der Waals surface area contributed by atoms with E-state index in [0.29, 0.717) is 18.5 Å². The third-order valence-corrected chi connectivity index (χ3v) is 4.67. The molecule has 8 heteroatoms. The van der Waals surface area contributed by atoms with Crippen LogP contribution in [0.15, 0.2) is 36.9 Å². The van der Waals surface area contributed by atoms with Crippen LogP contribution in [0, 0.1) is 13.8 Å². The highest BCUT2D eigenvalue weighted by molar-refractivity contribution is 5.92. The van der Waals surface area contributed by atoms with E-state index in [1.165, 1.54) is 14.0 Å². The fraction of sp³-hybridized carbons (Fsp3) is 0.364. The zero-order chi connectivity index (χ0) is 22.3. The predicted octanol–water partition coefficient (Wildman–Crippen LogP) is 2.44. The van der Waals surface area contributed by atoms with E-state index < -0.39 is 12.1 Å². The van der Waals surface area contributed by atoms with Gasteiger partial charge in [0.15, 0.2) is 6.10 Å². The molecule has 0 spiro atoms. The van der Waals surface area contributed by atoms with Gasteiger partial charge in [-0.2, -0.15) is 5.10 Å². The van der Waals surface area contributed by atoms with Crippen LogP contribution in [0.1, 0.15) is 40.7 Å². The number of aromatic nitrogens is 2. The molecular formula is C22H27N3O5. The number of rotatable bonds is 9. The molecule has 2 rings (SSSR count). The van der Waals surface area contributed by atoms with Crippen LogP contribution in [0.4, 0.5) is 0 Å². The summed E-state index contributed by atoms with van der Waals surface area (Å²) in [6.07, 6.45) is 1.46. The molecule has 1 aromatic heterocycles. The number of amides is 1. The Balaban J connectivity index is 2.10. The molecule has 1 heterocycles. The quantitative estimate of drug-likeness (QED) is 0.501. The molecule has 30 heavy (non-hydrogen) atoms. The van der Waals surface area contributed by atoms with E-state index in [-0.39, 0.29) is 18.3 Å². The van der Waals surface area contributed by atoms with E-state index in [2.05, 4.69) is 17.0 Å². The number of carbonyl (C=O) groups excluding carboxylic acids is 3. The number of nitrogens with zero attached hydrogens (tertiary/aromatic N) is 2. The largest absolute Gasteiger partial charge is 0.469 e. The summed E-state index contributed by atoms with van der Waals surface area (Å²) in [5.41, 5.74) is 3.84. The van der Waals surface area contributed by atoms with Crippen LogP contribution in [0.2, 0.25) is 0 Å². The molecule has 1 atom stereocenters. The van der Waals surface area contributed by atoms with Crippen molar-refractivity contribution in [2.75, 3.05) is 13.7 Å². The van der Waals surface area contributed by atoms with Gasteiger partial charge in [0, 0.05) is 18.7 Å². The Labute approximate surface area is 175 Å². The number of carbonyl (C=O) groups is 3. The molecule has 0 aliphatic rings. The minimum Gasteiger partial charge on any atom is -0.469 e. The number of aryl methyl sites for hydroxylation is 1. The van der Waals surface area contributed by atoms with E-state index in [1.807, 2.05) is 13.8 Å². The summed E-state index contributed by atoms with van der Waals surface area (Å²) in [5.74, 6) is -1.24. The molecule has 160 valence electrons. The van der Waals surface area contributed by atoms with Gasteiger partial charge in [0.25, 0.3) is 5.91 Å². The number of hydrogen-bond acceptors (Lipinski definition) is 6. The molecule has 0 bridgehead atoms. The molecular weight excluding hydrogens is 386 g/mol. The summed E-state index contributed by atoms with van der Waals surface area (Å²) in [7, 11) is 1.37. The first-order chi connectivity index (χ1) is 14.3. The molecule has 0 aliphatic carbocycles. The van der Waals surface area contributed by atoms with Crippen LogP contribution in [0.3, 0.4) is 0 Å². The SMILES string of the molecule is C=CCNC(=O)C(C)OC(=O)c1ccc(-n2nc(C)c(CCC(=O)OC)c2C)cc1. The first kappa shape index (κ1) is 22.9. The van der Waals surface area contributed by atoms with Gasteiger partial charge in [-0.05, 0) is 57.0 Å². The minimum atomic E-state index is -0.912. The van der Waals surface area contributed by atoms with Gasteiger partial charge in [0.2, 0.25) is 0 Å². The van der Waals surface area contributed by atoms with Crippen molar-refractivity contribution in [3.8, 4) is 5.69 Å². The summed E-state index contributed by atoms with van der Waals surface area (Å²) in [4.78, 5) is 35.5. The molecule has 1 amide bonds. The van der Waals surface area contributed by atoms with Crippen LogP contribution in [0.25, 0.3) is 5.69 Å². The number of hydrogen-bond donors (Lipinski definition) is 1. The molecule has 0 fully saturated rings. The molecule has 2 aromatic rings. The van der Waals surface area contributed by atoms with Crippen LogP contribution >= 0.6 is 0 Å². The van der Waals surface area contributed by atoms with Gasteiger partial charge in [0.1, 0.15) is 0 Å². The third kappa shape index (κ3) is 5.56. The van der Waals surface area contributed by atoms with E-state index in [9.17, 15) is 14.4 Å². The lowest BCUT2D eigenvalue weighted by Crippen LogP contribution is -2.35. The third-order valence-electron chi connectivity index (χ3n) is 4.67. The second-order valence-corrected chi connectivity index (χ2v) is 6.77. The summed E-state index contributed by atoms with van der Waals surface area (Å²) in [6, 6.07) is 6.75. The standard InChI is InChI=1S/C22H27N3O5/c1-6-13-23-21(27)16(4)30-22(28)17-7-9-18(10-8-17)25-15(3)19(14(2)24-25)11-12-20(26)29-5/h6-10,16H,1,11-13H2,2-5H3,(H,23,27). The zero-order valence-corrected chi connectivity index (χ0v) is 17.7. The van der Waals surface area contributed by atoms with Gasteiger partial charge >= 0.3 is 11.9 Å². The second-order valence-electron chi connectivity index (χ2n) is 6.77. The van der Waals surface area contributed by atoms with Crippen molar-refractivity contribution >= 4 is 17.8 Å². The first-order valence-corrected chi connectivity index (χ1v) is 9.60. The molecule has 1 aromatic carbocycles. The van der Waals surface area contributed by atoms with Gasteiger partial charge in [0.05, 0.1) is 24.1 Å². The summed E-state index contributed by atoms with van der Waals surface area (Å²) >= 11 is 0. The highest BCUT2D eigenvalue weighted by Crippen LogP contribution is 2.20. The monoisotopic (exact) mass is 413 g/mol. The average molecular weight is 413 g/mol. The summed E-state index contributed by atoms with van der Waals surface area (Å²) < 4.78 is 11.7. The number of esters is 2. The number of ether oxygens (including phenoxy) is 2. The maximum Gasteiger partial charge on any atom is 0.338 e. The van der Waals surface area contributed by atoms with Gasteiger partial charge in [-0.3, -0.25) is 9.59 Å². The van der Waals surface area contributed by atoms with E-state index in [1.54, 1.807) is 35.0 Å². The van der Waals surface area contributed by atoms with Crippen molar-refractivity contribution in [1.29, 1.82) is 0 Å². The Morgan fingerprint density at radius 2 is 1.90 bits per heavy atom. The smallest absolute Gasteiger partial charge is 0.338 e. The lowest BCUT2D eigenvalue weighted by Gasteiger charge is -2.13. The molecule has 1 unspecified atom stereocenters. The molecule has 1 N–H and O–H groups in total. The molecule has 0 aliphatic heterocycles. The maximum absolute atomic E-state index is 12.3.